The van der Waals surface area contributed by atoms with Crippen molar-refractivity contribution in [3.63, 3.8) is 0 Å². The van der Waals surface area contributed by atoms with Crippen molar-refractivity contribution in [2.45, 2.75) is 99.5 Å². The molecule has 5 aliphatic heterocycles. The number of carbonyl (C=O) groups excluding carboxylic acids is 5. The molecule has 2 aromatic carbocycles. The minimum absolute atomic E-state index is 0.0885. The molecule has 3 fully saturated rings. The number of nitrogens with two attached hydrogens (primary N) is 1. The van der Waals surface area contributed by atoms with Crippen molar-refractivity contribution >= 4 is 52.6 Å². The molecular weight excluding hydrogens is 941 g/mol. The van der Waals surface area contributed by atoms with E-state index >= 15 is 4.79 Å². The number of H-pyrrole nitrogens is 2. The van der Waals surface area contributed by atoms with Crippen molar-refractivity contribution in [2.75, 3.05) is 73.0 Å². The first-order valence-corrected chi connectivity index (χ1v) is 24.8. The number of para-hydroxylation sites is 1. The van der Waals surface area contributed by atoms with Crippen LogP contribution in [0.5, 0.6) is 5.75 Å². The number of aromatic nitrogens is 3. The number of hydrogen-bond acceptors (Lipinski definition) is 16. The van der Waals surface area contributed by atoms with Crippen LogP contribution in [0.15, 0.2) is 65.2 Å². The SMILES string of the molecule is CC[C@]1(O)C[C@H]2C[N@](CCc3c([nH]c4ccccc34)[C@@](C(=O)OC)(c3cc4c(cc3OC)N(C=O)[C@H]3[C@@](O)(C(=O)OC)[C@H](OC(C)=O)[C@]5(CC)C=CCN6CC[C@]43[C@@H]65)C2)C1.CN(C)/N=N/c1[nH]cnc1C(N)=O. The average Bonchev–Trinajstić information content (AvgIpc) is 4.18. The zero-order chi connectivity index (χ0) is 52.4. The van der Waals surface area contributed by atoms with Crippen molar-refractivity contribution in [2.24, 2.45) is 27.4 Å². The Labute approximate surface area is 423 Å². The third-order valence-electron chi connectivity index (χ3n) is 16.7. The van der Waals surface area contributed by atoms with Gasteiger partial charge < -0.3 is 49.8 Å². The molecule has 2 saturated heterocycles. The molecule has 10 rings (SSSR count). The summed E-state index contributed by atoms with van der Waals surface area (Å²) in [5, 5.41) is 35.2. The first-order valence-electron chi connectivity index (χ1n) is 24.8. The maximum Gasteiger partial charge on any atom is 0.344 e. The largest absolute Gasteiger partial charge is 0.496 e. The van der Waals surface area contributed by atoms with E-state index in [1.807, 2.05) is 50.3 Å². The van der Waals surface area contributed by atoms with Gasteiger partial charge in [-0.1, -0.05) is 49.4 Å². The smallest absolute Gasteiger partial charge is 0.344 e. The summed E-state index contributed by atoms with van der Waals surface area (Å²) in [4.78, 5) is 83.2. The van der Waals surface area contributed by atoms with Crippen LogP contribution in [0.4, 0.5) is 11.5 Å². The number of primary amides is 1. The number of ether oxygens (including phenoxy) is 4. The minimum atomic E-state index is -2.53. The Morgan fingerprint density at radius 2 is 1.75 bits per heavy atom. The number of esters is 3. The molecule has 21 heteroatoms. The molecule has 2 amide bonds. The number of aromatic amines is 2. The number of carbonyl (C=O) groups is 5. The predicted octanol–water partition coefficient (Wildman–Crippen LogP) is 3.59. The van der Waals surface area contributed by atoms with Crippen LogP contribution < -0.4 is 15.4 Å². The van der Waals surface area contributed by atoms with E-state index in [0.29, 0.717) is 99.5 Å². The molecule has 1 aliphatic carbocycles. The van der Waals surface area contributed by atoms with Crippen molar-refractivity contribution in [1.29, 1.82) is 0 Å². The Balaban J connectivity index is 0.000000441. The highest BCUT2D eigenvalue weighted by molar-refractivity contribution is 5.97. The van der Waals surface area contributed by atoms with Crippen LogP contribution in [0.1, 0.15) is 85.7 Å². The summed E-state index contributed by atoms with van der Waals surface area (Å²) in [6, 6.07) is 9.97. The molecule has 4 aromatic rings. The number of amides is 2. The zero-order valence-corrected chi connectivity index (χ0v) is 42.6. The number of imidazole rings is 1. The minimum Gasteiger partial charge on any atom is -0.496 e. The fourth-order valence-corrected chi connectivity index (χ4v) is 14.0. The Bertz CT molecular complexity index is 2900. The fourth-order valence-electron chi connectivity index (χ4n) is 14.0. The van der Waals surface area contributed by atoms with Crippen molar-refractivity contribution in [3.05, 3.63) is 83.0 Å². The van der Waals surface area contributed by atoms with Gasteiger partial charge in [-0.05, 0) is 74.2 Å². The highest BCUT2D eigenvalue weighted by atomic mass is 16.6. The number of anilines is 1. The molecule has 6 aliphatic rings. The van der Waals surface area contributed by atoms with Crippen LogP contribution in [0.3, 0.4) is 0 Å². The normalized spacial score (nSPS) is 31.9. The number of hydrogen-bond donors (Lipinski definition) is 5. The van der Waals surface area contributed by atoms with Gasteiger partial charge in [0.2, 0.25) is 12.0 Å². The first-order chi connectivity index (χ1) is 34.9. The molecule has 6 N–H and O–H groups in total. The molecule has 0 unspecified atom stereocenters. The number of nitrogens with one attached hydrogen (secondary N) is 2. The van der Waals surface area contributed by atoms with Gasteiger partial charge in [0, 0.05) is 92.3 Å². The summed E-state index contributed by atoms with van der Waals surface area (Å²) < 4.78 is 23.7. The second kappa shape index (κ2) is 19.0. The summed E-state index contributed by atoms with van der Waals surface area (Å²) in [5.74, 6) is -2.43. The van der Waals surface area contributed by atoms with Crippen LogP contribution in [-0.2, 0) is 50.6 Å². The van der Waals surface area contributed by atoms with Crippen molar-refractivity contribution in [1.82, 2.24) is 29.8 Å². The van der Waals surface area contributed by atoms with Crippen molar-refractivity contribution in [3.8, 4) is 5.75 Å². The molecule has 2 bridgehead atoms. The first kappa shape index (κ1) is 51.2. The Hall–Kier alpha value is -6.68. The highest BCUT2D eigenvalue weighted by Gasteiger charge is 2.81. The number of fused-ring (bicyclic) bond motifs is 6. The average molecular weight is 1010 g/mol. The topological polar surface area (TPSA) is 271 Å². The fraction of sp³-hybridized carbons (Fsp3) is 0.538. The maximum atomic E-state index is 15.3. The monoisotopic (exact) mass is 1010 g/mol. The third-order valence-corrected chi connectivity index (χ3v) is 16.7. The Morgan fingerprint density at radius 1 is 1.00 bits per heavy atom. The van der Waals surface area contributed by atoms with Gasteiger partial charge in [-0.25, -0.2) is 9.78 Å². The molecule has 1 saturated carbocycles. The van der Waals surface area contributed by atoms with Crippen LogP contribution >= 0.6 is 0 Å². The molecule has 1 spiro atoms. The number of methoxy groups -OCH3 is 3. The molecule has 7 heterocycles. The van der Waals surface area contributed by atoms with E-state index in [4.69, 9.17) is 24.7 Å². The quantitative estimate of drug-likeness (QED) is 0.0359. The van der Waals surface area contributed by atoms with E-state index in [-0.39, 0.29) is 23.9 Å². The van der Waals surface area contributed by atoms with Crippen LogP contribution in [0.25, 0.3) is 10.9 Å². The van der Waals surface area contributed by atoms with Gasteiger partial charge >= 0.3 is 17.9 Å². The lowest BCUT2D eigenvalue weighted by Gasteiger charge is -2.63. The number of piperidine rings is 1. The highest BCUT2D eigenvalue weighted by Crippen LogP contribution is 2.68. The lowest BCUT2D eigenvalue weighted by atomic mass is 9.47. The van der Waals surface area contributed by atoms with E-state index in [9.17, 15) is 29.4 Å². The van der Waals surface area contributed by atoms with Gasteiger partial charge in [-0.2, -0.15) is 0 Å². The molecular formula is C52H66N10O11. The van der Waals surface area contributed by atoms with Gasteiger partial charge in [0.05, 0.1) is 45.0 Å². The van der Waals surface area contributed by atoms with Gasteiger partial charge in [0.15, 0.2) is 17.6 Å². The Kier molecular flexibility index (Phi) is 13.3. The number of benzene rings is 2. The van der Waals surface area contributed by atoms with E-state index in [2.05, 4.69) is 41.2 Å². The zero-order valence-electron chi connectivity index (χ0n) is 42.6. The standard InChI is InChI=1S/C46H56N4O10.C6H10N6O/c1-7-42(55)22-28-23-45(40(53)58-5,36-30(14-18-48(24-28)25-42)29-12-9-10-13-33(29)47-36)32-20-31-34(21-35(32)57-4)50(26-51)38-44(31)16-19-49-17-11-15-43(8-2,37(44)49)39(60-27(3)52)46(38,56)41(54)59-6;1-12(2)11-10-6-4(5(7)13)8-3-9-6/h9-13,15,20-21,26,28,37-39,47,55-56H,7-8,14,16-19,22-25H2,1-6H3;3H,1-2H3,(H2,7,13)(H,8,9)/b;11-10+/t28-,37+,38-,39-,42+,43-,44-,45+,46+;/m1./s1. The number of nitrogens with zero attached hydrogens (tertiary/aromatic N) is 7. The van der Waals surface area contributed by atoms with Gasteiger partial charge in [-0.15, -0.1) is 5.11 Å². The lowest BCUT2D eigenvalue weighted by molar-refractivity contribution is -0.228. The second-order valence-electron chi connectivity index (χ2n) is 20.6. The van der Waals surface area contributed by atoms with Gasteiger partial charge in [-0.3, -0.25) is 34.0 Å². The van der Waals surface area contributed by atoms with Crippen LogP contribution in [0.2, 0.25) is 0 Å². The number of rotatable bonds is 11. The summed E-state index contributed by atoms with van der Waals surface area (Å²) in [7, 11) is 7.51. The summed E-state index contributed by atoms with van der Waals surface area (Å²) in [5.41, 5.74) is 1.97. The molecule has 0 radical (unpaired) electrons. The molecule has 10 atom stereocenters. The lowest BCUT2D eigenvalue weighted by Crippen LogP contribution is -2.81. The summed E-state index contributed by atoms with van der Waals surface area (Å²) >= 11 is 0. The molecule has 73 heavy (non-hydrogen) atoms. The Morgan fingerprint density at radius 3 is 2.41 bits per heavy atom. The van der Waals surface area contributed by atoms with Crippen molar-refractivity contribution < 1.29 is 53.1 Å². The second-order valence-corrected chi connectivity index (χ2v) is 20.6. The molecule has 2 aromatic heterocycles. The predicted molar refractivity (Wildman–Crippen MR) is 266 cm³/mol. The van der Waals surface area contributed by atoms with E-state index < -0.39 is 69.4 Å². The summed E-state index contributed by atoms with van der Waals surface area (Å²) in [6.45, 7) is 8.16. The van der Waals surface area contributed by atoms with E-state index in [1.165, 1.54) is 44.5 Å². The van der Waals surface area contributed by atoms with Crippen LogP contribution in [-0.4, -0.2) is 168 Å². The van der Waals surface area contributed by atoms with Gasteiger partial charge in [0.1, 0.15) is 11.2 Å². The number of aliphatic hydroxyl groups is 2. The van der Waals surface area contributed by atoms with Crippen LogP contribution in [0, 0.1) is 11.3 Å². The maximum absolute atomic E-state index is 15.3. The summed E-state index contributed by atoms with van der Waals surface area (Å²) in [6.07, 6.45) is 7.17. The van der Waals surface area contributed by atoms with Gasteiger partial charge in [0.25, 0.3) is 5.91 Å². The van der Waals surface area contributed by atoms with E-state index in [1.54, 1.807) is 20.2 Å². The molecule has 21 nitrogen and oxygen atoms in total. The van der Waals surface area contributed by atoms with E-state index in [0.717, 1.165) is 16.5 Å². The third kappa shape index (κ3) is 7.71. The molecule has 390 valence electrons.